The summed E-state index contributed by atoms with van der Waals surface area (Å²) in [6.07, 6.45) is 23.6. The van der Waals surface area contributed by atoms with Gasteiger partial charge in [-0.05, 0) is 67.1 Å². The smallest absolute Gasteiger partial charge is 0.0393 e. The van der Waals surface area contributed by atoms with Gasteiger partial charge in [0.1, 0.15) is 0 Å². The van der Waals surface area contributed by atoms with E-state index < -0.39 is 0 Å². The van der Waals surface area contributed by atoms with Crippen molar-refractivity contribution in [2.24, 2.45) is 0 Å². The molecule has 2 heteroatoms. The SMILES string of the molecule is C1CCC(P(C2CCCCC2)C2CCCCC2)CC1.Nc1ccccc1-c1ccccc1. The summed E-state index contributed by atoms with van der Waals surface area (Å²) in [5.74, 6) is 0. The van der Waals surface area contributed by atoms with Crippen LogP contribution in [0.4, 0.5) is 5.69 Å². The van der Waals surface area contributed by atoms with Crippen molar-refractivity contribution in [3.63, 3.8) is 0 Å². The van der Waals surface area contributed by atoms with Crippen LogP contribution in [0, 0.1) is 0 Å². The highest BCUT2D eigenvalue weighted by Crippen LogP contribution is 2.61. The molecule has 0 heterocycles. The average Bonchev–Trinajstić information content (AvgIpc) is 2.87. The topological polar surface area (TPSA) is 26.0 Å². The highest BCUT2D eigenvalue weighted by Gasteiger charge is 2.36. The van der Waals surface area contributed by atoms with Crippen molar-refractivity contribution >= 4 is 13.6 Å². The van der Waals surface area contributed by atoms with Gasteiger partial charge in [0.25, 0.3) is 0 Å². The van der Waals surface area contributed by atoms with Gasteiger partial charge in [-0.25, -0.2) is 0 Å². The van der Waals surface area contributed by atoms with Crippen molar-refractivity contribution in [3.05, 3.63) is 54.6 Å². The highest BCUT2D eigenvalue weighted by molar-refractivity contribution is 7.60. The molecule has 3 aliphatic rings. The van der Waals surface area contributed by atoms with E-state index in [4.69, 9.17) is 5.73 Å². The molecule has 174 valence electrons. The van der Waals surface area contributed by atoms with Crippen LogP contribution in [-0.4, -0.2) is 17.0 Å². The first-order valence-electron chi connectivity index (χ1n) is 13.5. The Morgan fingerprint density at radius 3 is 1.34 bits per heavy atom. The molecule has 0 amide bonds. The average molecular weight is 450 g/mol. The van der Waals surface area contributed by atoms with Crippen LogP contribution in [-0.2, 0) is 0 Å². The van der Waals surface area contributed by atoms with Gasteiger partial charge in [0.15, 0.2) is 0 Å². The number of nitrogens with two attached hydrogens (primary N) is 1. The summed E-state index contributed by atoms with van der Waals surface area (Å²) >= 11 is 0. The molecule has 0 radical (unpaired) electrons. The van der Waals surface area contributed by atoms with Gasteiger partial charge >= 0.3 is 0 Å². The van der Waals surface area contributed by atoms with Crippen molar-refractivity contribution in [1.29, 1.82) is 0 Å². The third kappa shape index (κ3) is 6.60. The molecule has 3 aliphatic carbocycles. The van der Waals surface area contributed by atoms with Gasteiger partial charge < -0.3 is 5.73 Å². The van der Waals surface area contributed by atoms with Crippen LogP contribution in [0.1, 0.15) is 96.3 Å². The molecule has 2 N–H and O–H groups in total. The standard InChI is InChI=1S/C18H33P.C12H11N/c1-4-10-16(11-5-1)19(17-12-6-2-7-13-17)18-14-8-3-9-15-18;13-12-9-5-4-8-11(12)10-6-2-1-3-7-10/h16-18H,1-15H2;1-9H,13H2. The molecule has 0 aromatic heterocycles. The van der Waals surface area contributed by atoms with E-state index in [1.807, 2.05) is 42.5 Å². The molecule has 3 fully saturated rings. The first-order valence-corrected chi connectivity index (χ1v) is 15.0. The summed E-state index contributed by atoms with van der Waals surface area (Å²) in [5, 5.41) is 0. The maximum Gasteiger partial charge on any atom is 0.0393 e. The molecule has 2 aromatic carbocycles. The Bertz CT molecular complexity index is 728. The summed E-state index contributed by atoms with van der Waals surface area (Å²) in [6.45, 7) is 0. The fraction of sp³-hybridized carbons (Fsp3) is 0.600. The third-order valence-corrected chi connectivity index (χ3v) is 12.1. The minimum Gasteiger partial charge on any atom is -0.398 e. The predicted octanol–water partition coefficient (Wildman–Crippen LogP) is 9.40. The molecule has 32 heavy (non-hydrogen) atoms. The third-order valence-electron chi connectivity index (χ3n) is 8.03. The summed E-state index contributed by atoms with van der Waals surface area (Å²) in [7, 11) is 0.385. The number of nitrogen functional groups attached to an aromatic ring is 1. The molecule has 0 spiro atoms. The van der Waals surface area contributed by atoms with Crippen LogP contribution < -0.4 is 5.73 Å². The van der Waals surface area contributed by atoms with Gasteiger partial charge in [0.05, 0.1) is 0 Å². The number of benzene rings is 2. The summed E-state index contributed by atoms with van der Waals surface area (Å²) < 4.78 is 0. The van der Waals surface area contributed by atoms with E-state index in [2.05, 4.69) is 12.1 Å². The molecule has 0 aliphatic heterocycles. The zero-order valence-electron chi connectivity index (χ0n) is 20.1. The second-order valence-corrected chi connectivity index (χ2v) is 13.4. The van der Waals surface area contributed by atoms with Crippen LogP contribution >= 0.6 is 7.92 Å². The number of anilines is 1. The normalized spacial score (nSPS) is 21.2. The fourth-order valence-corrected chi connectivity index (χ4v) is 11.1. The molecule has 0 atom stereocenters. The van der Waals surface area contributed by atoms with Crippen molar-refractivity contribution in [3.8, 4) is 11.1 Å². The first kappa shape index (κ1) is 23.8. The molecule has 2 aromatic rings. The molecule has 0 saturated heterocycles. The quantitative estimate of drug-likeness (QED) is 0.365. The number of hydrogen-bond acceptors (Lipinski definition) is 1. The van der Waals surface area contributed by atoms with Crippen LogP contribution in [0.15, 0.2) is 54.6 Å². The molecular weight excluding hydrogens is 405 g/mol. The largest absolute Gasteiger partial charge is 0.398 e. The van der Waals surface area contributed by atoms with Gasteiger partial charge in [-0.1, -0.05) is 114 Å². The monoisotopic (exact) mass is 449 g/mol. The second-order valence-electron chi connectivity index (χ2n) is 10.3. The summed E-state index contributed by atoms with van der Waals surface area (Å²) in [5.41, 5.74) is 12.5. The van der Waals surface area contributed by atoms with E-state index in [1.54, 1.807) is 77.0 Å². The Morgan fingerprint density at radius 2 is 0.906 bits per heavy atom. The second kappa shape index (κ2) is 12.8. The van der Waals surface area contributed by atoms with Gasteiger partial charge in [-0.15, -0.1) is 0 Å². The van der Waals surface area contributed by atoms with Gasteiger partial charge in [-0.3, -0.25) is 0 Å². The Hall–Kier alpha value is -1.33. The highest BCUT2D eigenvalue weighted by atomic mass is 31.1. The molecule has 1 nitrogen and oxygen atoms in total. The van der Waals surface area contributed by atoms with Crippen LogP contribution in [0.3, 0.4) is 0 Å². The number of rotatable bonds is 4. The summed E-state index contributed by atoms with van der Waals surface area (Å²) in [6, 6.07) is 18.1. The Balaban J connectivity index is 0.000000165. The fourth-order valence-electron chi connectivity index (χ4n) is 6.41. The molecule has 0 bridgehead atoms. The lowest BCUT2D eigenvalue weighted by Crippen LogP contribution is -2.28. The first-order chi connectivity index (χ1) is 15.8. The lowest BCUT2D eigenvalue weighted by atomic mass is 9.99. The Labute approximate surface area is 198 Å². The van der Waals surface area contributed by atoms with Crippen molar-refractivity contribution in [1.82, 2.24) is 0 Å². The van der Waals surface area contributed by atoms with E-state index in [-0.39, 0.29) is 0 Å². The van der Waals surface area contributed by atoms with Gasteiger partial charge in [-0.2, -0.15) is 0 Å². The van der Waals surface area contributed by atoms with Gasteiger partial charge in [0, 0.05) is 11.3 Å². The minimum absolute atomic E-state index is 0.385. The molecule has 5 rings (SSSR count). The van der Waals surface area contributed by atoms with Crippen LogP contribution in [0.2, 0.25) is 0 Å². The van der Waals surface area contributed by atoms with Crippen molar-refractivity contribution in [2.45, 2.75) is 113 Å². The lowest BCUT2D eigenvalue weighted by molar-refractivity contribution is 0.460. The van der Waals surface area contributed by atoms with E-state index >= 15 is 0 Å². The molecular formula is C30H44NP. The van der Waals surface area contributed by atoms with E-state index in [1.165, 1.54) is 41.8 Å². The predicted molar refractivity (Wildman–Crippen MR) is 144 cm³/mol. The minimum atomic E-state index is 0.385. The van der Waals surface area contributed by atoms with Gasteiger partial charge in [0.2, 0.25) is 0 Å². The Kier molecular flexibility index (Phi) is 9.52. The number of para-hydroxylation sites is 1. The van der Waals surface area contributed by atoms with E-state index in [0.717, 1.165) is 11.3 Å². The Morgan fingerprint density at radius 1 is 0.500 bits per heavy atom. The van der Waals surface area contributed by atoms with Crippen molar-refractivity contribution < 1.29 is 0 Å². The maximum absolute atomic E-state index is 5.85. The van der Waals surface area contributed by atoms with Crippen LogP contribution in [0.25, 0.3) is 11.1 Å². The number of hydrogen-bond donors (Lipinski definition) is 1. The van der Waals surface area contributed by atoms with E-state index in [0.29, 0.717) is 7.92 Å². The molecule has 0 unspecified atom stereocenters. The van der Waals surface area contributed by atoms with Crippen LogP contribution in [0.5, 0.6) is 0 Å². The molecule has 3 saturated carbocycles. The maximum atomic E-state index is 5.85. The zero-order valence-corrected chi connectivity index (χ0v) is 21.0. The van der Waals surface area contributed by atoms with E-state index in [9.17, 15) is 0 Å². The lowest BCUT2D eigenvalue weighted by Gasteiger charge is -2.44. The zero-order chi connectivity index (χ0) is 22.0. The summed E-state index contributed by atoms with van der Waals surface area (Å²) in [4.78, 5) is 0. The van der Waals surface area contributed by atoms with Crippen molar-refractivity contribution in [2.75, 3.05) is 5.73 Å².